The number of hydrogen-bond donors (Lipinski definition) is 2. The molecule has 0 aliphatic heterocycles. The Morgan fingerprint density at radius 3 is 2.29 bits per heavy atom. The van der Waals surface area contributed by atoms with E-state index in [0.29, 0.717) is 13.0 Å². The van der Waals surface area contributed by atoms with Crippen molar-refractivity contribution < 1.29 is 14.3 Å². The lowest BCUT2D eigenvalue weighted by atomic mass is 10.1. The summed E-state index contributed by atoms with van der Waals surface area (Å²) in [5, 5.41) is 3.38. The number of rotatable bonds is 9. The van der Waals surface area contributed by atoms with Gasteiger partial charge >= 0.3 is 6.09 Å². The highest BCUT2D eigenvalue weighted by molar-refractivity contribution is 5.64. The molecule has 0 radical (unpaired) electrons. The molecule has 144 valence electrons. The minimum Gasteiger partial charge on any atom is -0.450 e. The maximum Gasteiger partial charge on any atom is 0.404 e. The van der Waals surface area contributed by atoms with E-state index in [2.05, 4.69) is 11.4 Å². The van der Waals surface area contributed by atoms with Gasteiger partial charge < -0.3 is 20.5 Å². The molecule has 3 rings (SSSR count). The Labute approximate surface area is 165 Å². The number of anilines is 2. The highest BCUT2D eigenvalue weighted by Crippen LogP contribution is 2.24. The molecule has 0 saturated carbocycles. The van der Waals surface area contributed by atoms with Gasteiger partial charge in [0, 0.05) is 17.8 Å². The van der Waals surface area contributed by atoms with Crippen molar-refractivity contribution in [2.75, 3.05) is 11.9 Å². The molecular formula is C23H24N2O3. The monoisotopic (exact) mass is 376 g/mol. The third-order valence-electron chi connectivity index (χ3n) is 4.24. The molecule has 3 aromatic carbocycles. The number of nitrogens with two attached hydrogens (primary N) is 1. The van der Waals surface area contributed by atoms with Crippen molar-refractivity contribution in [1.82, 2.24) is 0 Å². The minimum atomic E-state index is -0.772. The van der Waals surface area contributed by atoms with Crippen LogP contribution in [0.25, 0.3) is 0 Å². The molecular weight excluding hydrogens is 352 g/mol. The van der Waals surface area contributed by atoms with Crippen molar-refractivity contribution in [3.8, 4) is 0 Å². The van der Waals surface area contributed by atoms with Gasteiger partial charge in [-0.15, -0.1) is 0 Å². The van der Waals surface area contributed by atoms with Crippen LogP contribution in [-0.4, -0.2) is 12.7 Å². The van der Waals surface area contributed by atoms with E-state index < -0.39 is 6.09 Å². The Kier molecular flexibility index (Phi) is 7.04. The van der Waals surface area contributed by atoms with Gasteiger partial charge in [0.2, 0.25) is 0 Å². The molecule has 0 aliphatic carbocycles. The van der Waals surface area contributed by atoms with Crippen molar-refractivity contribution >= 4 is 17.5 Å². The van der Waals surface area contributed by atoms with Crippen LogP contribution in [0.2, 0.25) is 0 Å². The zero-order chi connectivity index (χ0) is 19.6. The van der Waals surface area contributed by atoms with Crippen LogP contribution in [0.1, 0.15) is 23.7 Å². The van der Waals surface area contributed by atoms with Crippen molar-refractivity contribution in [1.29, 1.82) is 0 Å². The van der Waals surface area contributed by atoms with E-state index >= 15 is 0 Å². The predicted molar refractivity (Wildman–Crippen MR) is 110 cm³/mol. The number of benzene rings is 3. The van der Waals surface area contributed by atoms with Gasteiger partial charge in [-0.25, -0.2) is 4.79 Å². The minimum absolute atomic E-state index is 0.189. The molecule has 0 spiro atoms. The summed E-state index contributed by atoms with van der Waals surface area (Å²) in [7, 11) is 0. The lowest BCUT2D eigenvalue weighted by Gasteiger charge is -2.19. The van der Waals surface area contributed by atoms with E-state index in [4.69, 9.17) is 15.2 Å². The standard InChI is InChI=1S/C23H24N2O3/c24-23(26)27-15-14-22(19-9-3-1-4-10-19)28-17-18-8-7-13-21(16-18)25-20-11-5-2-6-12-20/h1-13,16,22,25H,14-15,17H2,(H2,24,26). The topological polar surface area (TPSA) is 73.6 Å². The Morgan fingerprint density at radius 2 is 1.57 bits per heavy atom. The highest BCUT2D eigenvalue weighted by Gasteiger charge is 2.13. The van der Waals surface area contributed by atoms with E-state index in [1.165, 1.54) is 0 Å². The zero-order valence-corrected chi connectivity index (χ0v) is 15.6. The molecule has 0 bridgehead atoms. The van der Waals surface area contributed by atoms with E-state index in [1.807, 2.05) is 78.9 Å². The highest BCUT2D eigenvalue weighted by atomic mass is 16.5. The first-order valence-electron chi connectivity index (χ1n) is 9.20. The number of amides is 1. The summed E-state index contributed by atoms with van der Waals surface area (Å²) < 4.78 is 11.0. The fourth-order valence-corrected chi connectivity index (χ4v) is 2.90. The van der Waals surface area contributed by atoms with Gasteiger partial charge in [0.15, 0.2) is 0 Å². The third-order valence-corrected chi connectivity index (χ3v) is 4.24. The summed E-state index contributed by atoms with van der Waals surface area (Å²) in [5.74, 6) is 0. The summed E-state index contributed by atoms with van der Waals surface area (Å²) in [6.45, 7) is 0.658. The number of hydrogen-bond acceptors (Lipinski definition) is 4. The van der Waals surface area contributed by atoms with Gasteiger partial charge in [-0.3, -0.25) is 0 Å². The second-order valence-corrected chi connectivity index (χ2v) is 6.36. The molecule has 28 heavy (non-hydrogen) atoms. The number of carbonyl (C=O) groups is 1. The molecule has 0 fully saturated rings. The van der Waals surface area contributed by atoms with Gasteiger partial charge in [0.05, 0.1) is 19.3 Å². The Morgan fingerprint density at radius 1 is 0.893 bits per heavy atom. The molecule has 1 atom stereocenters. The lowest BCUT2D eigenvalue weighted by molar-refractivity contribution is 0.0206. The van der Waals surface area contributed by atoms with Crippen LogP contribution in [0.4, 0.5) is 16.2 Å². The average molecular weight is 376 g/mol. The maximum absolute atomic E-state index is 10.8. The van der Waals surface area contributed by atoms with Crippen molar-refractivity contribution in [2.45, 2.75) is 19.1 Å². The fraction of sp³-hybridized carbons (Fsp3) is 0.174. The first kappa shape index (κ1) is 19.5. The second-order valence-electron chi connectivity index (χ2n) is 6.36. The van der Waals surface area contributed by atoms with Crippen LogP contribution in [0.15, 0.2) is 84.9 Å². The second kappa shape index (κ2) is 10.1. The van der Waals surface area contributed by atoms with Crippen molar-refractivity contribution in [3.63, 3.8) is 0 Å². The molecule has 3 aromatic rings. The number of primary amides is 1. The molecule has 1 unspecified atom stereocenters. The first-order valence-corrected chi connectivity index (χ1v) is 9.20. The van der Waals surface area contributed by atoms with Crippen LogP contribution >= 0.6 is 0 Å². The molecule has 1 amide bonds. The zero-order valence-electron chi connectivity index (χ0n) is 15.6. The van der Waals surface area contributed by atoms with Crippen LogP contribution in [-0.2, 0) is 16.1 Å². The van der Waals surface area contributed by atoms with Crippen LogP contribution < -0.4 is 11.1 Å². The summed E-state index contributed by atoms with van der Waals surface area (Å²) in [6.07, 6.45) is -0.424. The molecule has 5 nitrogen and oxygen atoms in total. The van der Waals surface area contributed by atoms with Crippen molar-refractivity contribution in [3.05, 3.63) is 96.1 Å². The molecule has 3 N–H and O–H groups in total. The Bertz CT molecular complexity index is 869. The van der Waals surface area contributed by atoms with Crippen LogP contribution in [0.3, 0.4) is 0 Å². The van der Waals surface area contributed by atoms with E-state index in [0.717, 1.165) is 22.5 Å². The molecule has 0 aromatic heterocycles. The van der Waals surface area contributed by atoms with E-state index in [9.17, 15) is 4.79 Å². The number of carbonyl (C=O) groups excluding carboxylic acids is 1. The smallest absolute Gasteiger partial charge is 0.404 e. The number of para-hydroxylation sites is 1. The molecule has 0 saturated heterocycles. The van der Waals surface area contributed by atoms with Crippen LogP contribution in [0.5, 0.6) is 0 Å². The SMILES string of the molecule is NC(=O)OCCC(OCc1cccc(Nc2ccccc2)c1)c1ccccc1. The van der Waals surface area contributed by atoms with Gasteiger partial charge in [0.25, 0.3) is 0 Å². The Balaban J connectivity index is 1.63. The predicted octanol–water partition coefficient (Wildman–Crippen LogP) is 5.17. The normalized spacial score (nSPS) is 11.6. The first-order chi connectivity index (χ1) is 13.7. The summed E-state index contributed by atoms with van der Waals surface area (Å²) in [5.41, 5.74) is 9.18. The lowest BCUT2D eigenvalue weighted by Crippen LogP contribution is -2.16. The average Bonchev–Trinajstić information content (AvgIpc) is 2.72. The van der Waals surface area contributed by atoms with Crippen molar-refractivity contribution in [2.24, 2.45) is 5.73 Å². The van der Waals surface area contributed by atoms with Gasteiger partial charge in [0.1, 0.15) is 0 Å². The maximum atomic E-state index is 10.8. The van der Waals surface area contributed by atoms with Gasteiger partial charge in [-0.2, -0.15) is 0 Å². The summed E-state index contributed by atoms with van der Waals surface area (Å²) >= 11 is 0. The molecule has 5 heteroatoms. The van der Waals surface area contributed by atoms with E-state index in [-0.39, 0.29) is 12.7 Å². The van der Waals surface area contributed by atoms with Crippen LogP contribution in [0, 0.1) is 0 Å². The molecule has 0 aliphatic rings. The summed E-state index contributed by atoms with van der Waals surface area (Å²) in [6, 6.07) is 28.0. The van der Waals surface area contributed by atoms with Gasteiger partial charge in [-0.1, -0.05) is 60.7 Å². The summed E-state index contributed by atoms with van der Waals surface area (Å²) in [4.78, 5) is 10.8. The molecule has 0 heterocycles. The van der Waals surface area contributed by atoms with Gasteiger partial charge in [-0.05, 0) is 35.4 Å². The third kappa shape index (κ3) is 6.14. The van der Waals surface area contributed by atoms with E-state index in [1.54, 1.807) is 0 Å². The quantitative estimate of drug-likeness (QED) is 0.540. The number of nitrogens with one attached hydrogen (secondary N) is 1. The largest absolute Gasteiger partial charge is 0.450 e. The number of ether oxygens (including phenoxy) is 2. The Hall–Kier alpha value is -3.31. The fourth-order valence-electron chi connectivity index (χ4n) is 2.90.